The van der Waals surface area contributed by atoms with Crippen molar-refractivity contribution in [3.8, 4) is 95.6 Å². The number of furan rings is 1. The number of nitrogens with zero attached hydrogens (tertiary/aromatic N) is 3. The maximum absolute atomic E-state index is 9.73. The number of aromatic nitrogens is 2. The van der Waals surface area contributed by atoms with Gasteiger partial charge in [-0.15, -0.1) is 0 Å². The van der Waals surface area contributed by atoms with E-state index >= 15 is 0 Å². The van der Waals surface area contributed by atoms with Gasteiger partial charge < -0.3 is 4.42 Å². The molecule has 14 rings (SSSR count). The van der Waals surface area contributed by atoms with E-state index in [1.807, 2.05) is 30.3 Å². The highest BCUT2D eigenvalue weighted by atomic mass is 16.3. The molecule has 0 radical (unpaired) electrons. The molecule has 0 fully saturated rings. The Morgan fingerprint density at radius 2 is 0.797 bits per heavy atom. The van der Waals surface area contributed by atoms with Crippen molar-refractivity contribution in [1.29, 1.82) is 5.26 Å². The molecule has 0 saturated heterocycles. The van der Waals surface area contributed by atoms with Gasteiger partial charge in [0.15, 0.2) is 5.82 Å². The lowest BCUT2D eigenvalue weighted by Crippen LogP contribution is -1.99. The number of fused-ring (bicyclic) bond motifs is 8. The summed E-state index contributed by atoms with van der Waals surface area (Å²) in [7, 11) is 0. The van der Waals surface area contributed by atoms with E-state index in [4.69, 9.17) is 14.4 Å². The van der Waals surface area contributed by atoms with Crippen LogP contribution < -0.4 is 0 Å². The van der Waals surface area contributed by atoms with Crippen LogP contribution in [0.25, 0.3) is 144 Å². The Morgan fingerprint density at radius 3 is 1.45 bits per heavy atom. The third kappa shape index (κ3) is 6.08. The van der Waals surface area contributed by atoms with Crippen LogP contribution in [0.15, 0.2) is 229 Å². The normalized spacial score (nSPS) is 11.8. The molecule has 2 aromatic heterocycles. The zero-order valence-corrected chi connectivity index (χ0v) is 37.1. The van der Waals surface area contributed by atoms with Crippen LogP contribution in [0.2, 0.25) is 0 Å². The van der Waals surface area contributed by atoms with Gasteiger partial charge in [0, 0.05) is 27.5 Å². The van der Waals surface area contributed by atoms with Crippen molar-refractivity contribution < 1.29 is 4.42 Å². The third-order valence-electron chi connectivity index (χ3n) is 14.1. The minimum Gasteiger partial charge on any atom is -0.456 e. The summed E-state index contributed by atoms with van der Waals surface area (Å²) in [4.78, 5) is 10.9. The van der Waals surface area contributed by atoms with Crippen LogP contribution in [-0.4, -0.2) is 9.97 Å². The lowest BCUT2D eigenvalue weighted by Gasteiger charge is -2.20. The second kappa shape index (κ2) is 15.3. The Bertz CT molecular complexity index is 4210. The molecule has 11 aromatic carbocycles. The summed E-state index contributed by atoms with van der Waals surface area (Å²) in [5, 5.41) is 18.8. The van der Waals surface area contributed by atoms with Crippen molar-refractivity contribution in [2.45, 2.75) is 0 Å². The second-order valence-corrected chi connectivity index (χ2v) is 17.9. The van der Waals surface area contributed by atoms with Crippen molar-refractivity contribution in [3.05, 3.63) is 230 Å². The highest BCUT2D eigenvalue weighted by molar-refractivity contribution is 6.28. The van der Waals surface area contributed by atoms with Crippen LogP contribution in [0.5, 0.6) is 0 Å². The molecular weight excluding hydrogens is 839 g/mol. The average Bonchev–Trinajstić information content (AvgIpc) is 3.96. The van der Waals surface area contributed by atoms with E-state index in [1.165, 1.54) is 33.0 Å². The molecule has 0 bridgehead atoms. The van der Waals surface area contributed by atoms with Gasteiger partial charge in [-0.3, -0.25) is 0 Å². The quantitative estimate of drug-likeness (QED) is 0.156. The van der Waals surface area contributed by atoms with Gasteiger partial charge in [0.1, 0.15) is 11.2 Å². The van der Waals surface area contributed by atoms with E-state index < -0.39 is 0 Å². The molecule has 13 aromatic rings. The van der Waals surface area contributed by atoms with E-state index in [2.05, 4.69) is 200 Å². The van der Waals surface area contributed by atoms with Crippen LogP contribution in [0, 0.1) is 11.3 Å². The van der Waals surface area contributed by atoms with Gasteiger partial charge in [-0.1, -0.05) is 188 Å². The van der Waals surface area contributed by atoms with E-state index in [9.17, 15) is 5.26 Å². The number of hydrogen-bond donors (Lipinski definition) is 0. The van der Waals surface area contributed by atoms with E-state index in [-0.39, 0.29) is 0 Å². The molecule has 1 aliphatic carbocycles. The minimum absolute atomic E-state index is 0.640. The largest absolute Gasteiger partial charge is 0.456 e. The van der Waals surface area contributed by atoms with Crippen LogP contribution in [0.1, 0.15) is 5.56 Å². The predicted molar refractivity (Wildman–Crippen MR) is 284 cm³/mol. The molecule has 0 aliphatic heterocycles. The van der Waals surface area contributed by atoms with Gasteiger partial charge in [-0.05, 0) is 124 Å². The molecular formula is C65H37N3O. The predicted octanol–water partition coefficient (Wildman–Crippen LogP) is 17.4. The van der Waals surface area contributed by atoms with E-state index in [0.29, 0.717) is 11.4 Å². The minimum atomic E-state index is 0.640. The van der Waals surface area contributed by atoms with Crippen LogP contribution >= 0.6 is 0 Å². The Balaban J connectivity index is 0.985. The summed E-state index contributed by atoms with van der Waals surface area (Å²) in [6, 6.07) is 81.6. The van der Waals surface area contributed by atoms with E-state index in [0.717, 1.165) is 105 Å². The topological polar surface area (TPSA) is 62.7 Å². The zero-order valence-electron chi connectivity index (χ0n) is 37.1. The highest BCUT2D eigenvalue weighted by Gasteiger charge is 2.27. The molecule has 1 aliphatic rings. The van der Waals surface area contributed by atoms with Gasteiger partial charge in [0.05, 0.1) is 23.0 Å². The molecule has 0 amide bonds. The number of hydrogen-bond acceptors (Lipinski definition) is 4. The fraction of sp³-hybridized carbons (Fsp3) is 0. The fourth-order valence-corrected chi connectivity index (χ4v) is 10.9. The van der Waals surface area contributed by atoms with Gasteiger partial charge in [0.2, 0.25) is 0 Å². The molecule has 0 saturated carbocycles. The number of para-hydroxylation sites is 1. The van der Waals surface area contributed by atoms with Crippen LogP contribution in [0.3, 0.4) is 0 Å². The van der Waals surface area contributed by atoms with Crippen LogP contribution in [-0.2, 0) is 0 Å². The van der Waals surface area contributed by atoms with Gasteiger partial charge in [-0.25, -0.2) is 9.97 Å². The summed E-state index contributed by atoms with van der Waals surface area (Å²) < 4.78 is 6.14. The summed E-state index contributed by atoms with van der Waals surface area (Å²) in [6.07, 6.45) is 0. The van der Waals surface area contributed by atoms with Crippen molar-refractivity contribution >= 4 is 54.3 Å². The Labute approximate surface area is 397 Å². The Hall–Kier alpha value is -9.43. The first-order valence-electron chi connectivity index (χ1n) is 23.3. The van der Waals surface area contributed by atoms with Crippen molar-refractivity contribution in [2.75, 3.05) is 0 Å². The maximum atomic E-state index is 9.73. The lowest BCUT2D eigenvalue weighted by atomic mass is 9.83. The summed E-state index contributed by atoms with van der Waals surface area (Å²) in [5.74, 6) is 0.667. The number of nitriles is 1. The van der Waals surface area contributed by atoms with Crippen molar-refractivity contribution in [2.24, 2.45) is 0 Å². The highest BCUT2D eigenvalue weighted by Crippen LogP contribution is 2.54. The van der Waals surface area contributed by atoms with Gasteiger partial charge in [0.25, 0.3) is 0 Å². The molecule has 318 valence electrons. The summed E-state index contributed by atoms with van der Waals surface area (Å²) in [5.41, 5.74) is 18.9. The Morgan fingerprint density at radius 1 is 0.319 bits per heavy atom. The third-order valence-corrected chi connectivity index (χ3v) is 14.1. The smallest absolute Gasteiger partial charge is 0.161 e. The molecule has 0 unspecified atom stereocenters. The standard InChI is InChI=1S/C65H37N3O/c66-38-39-22-24-41(25-23-39)45-31-32-53-46-14-4-5-15-47(46)54-33-34-55(62(45)63(53)54)61-49-17-6-8-19-51(49)64(52-20-9-7-18-50(52)61)65-67-57(42-12-2-1-3-13-42)37-58(68-65)43-28-26-40(27-29-43)44-30-35-60-56(36-44)48-16-10-11-21-59(48)69-60/h1-37H. The first kappa shape index (κ1) is 38.8. The Kier molecular flexibility index (Phi) is 8.61. The van der Waals surface area contributed by atoms with Crippen LogP contribution in [0.4, 0.5) is 0 Å². The first-order chi connectivity index (χ1) is 34.2. The molecule has 0 spiro atoms. The molecule has 0 N–H and O–H groups in total. The lowest BCUT2D eigenvalue weighted by molar-refractivity contribution is 0.669. The molecule has 69 heavy (non-hydrogen) atoms. The second-order valence-electron chi connectivity index (χ2n) is 17.9. The monoisotopic (exact) mass is 875 g/mol. The summed E-state index contributed by atoms with van der Waals surface area (Å²) in [6.45, 7) is 0. The molecule has 4 nitrogen and oxygen atoms in total. The van der Waals surface area contributed by atoms with Gasteiger partial charge in [-0.2, -0.15) is 5.26 Å². The van der Waals surface area contributed by atoms with Gasteiger partial charge >= 0.3 is 0 Å². The average molecular weight is 876 g/mol. The number of benzene rings is 11. The zero-order chi connectivity index (χ0) is 45.6. The molecule has 4 heteroatoms. The number of rotatable bonds is 6. The molecule has 0 atom stereocenters. The SMILES string of the molecule is N#Cc1ccc(-c2ccc3c4c(ccc(-c5c6ccccc6c(-c6nc(-c7ccccc7)cc(-c7ccc(-c8ccc9oc%10ccccc%10c9c8)cc7)n6)c6ccccc56)c24)-c2ccccc2-3)cc1. The maximum Gasteiger partial charge on any atom is 0.161 e. The van der Waals surface area contributed by atoms with E-state index in [1.54, 1.807) is 0 Å². The first-order valence-corrected chi connectivity index (χ1v) is 23.3. The van der Waals surface area contributed by atoms with Crippen molar-refractivity contribution in [1.82, 2.24) is 9.97 Å². The van der Waals surface area contributed by atoms with Crippen molar-refractivity contribution in [3.63, 3.8) is 0 Å². The molecule has 2 heterocycles. The fourth-order valence-electron chi connectivity index (χ4n) is 10.9. The summed E-state index contributed by atoms with van der Waals surface area (Å²) >= 11 is 0.